The maximum Gasteiger partial charge on any atom is 0.253 e. The number of amides is 2. The number of piperidine rings is 1. The number of carbonyl (C=O) groups is 2. The summed E-state index contributed by atoms with van der Waals surface area (Å²) in [7, 11) is 0. The van der Waals surface area contributed by atoms with Crippen molar-refractivity contribution < 1.29 is 14.0 Å². The van der Waals surface area contributed by atoms with E-state index >= 15 is 0 Å². The van der Waals surface area contributed by atoms with Crippen molar-refractivity contribution in [2.75, 3.05) is 13.1 Å². The molecule has 1 aliphatic heterocycles. The summed E-state index contributed by atoms with van der Waals surface area (Å²) in [6.07, 6.45) is 1.28. The van der Waals surface area contributed by atoms with Crippen LogP contribution in [0, 0.1) is 11.7 Å². The molecule has 2 amide bonds. The monoisotopic (exact) mass is 405 g/mol. The normalized spacial score (nSPS) is 14.3. The summed E-state index contributed by atoms with van der Waals surface area (Å²) < 4.78 is 12.9. The van der Waals surface area contributed by atoms with E-state index in [-0.39, 0.29) is 36.0 Å². The van der Waals surface area contributed by atoms with Gasteiger partial charge in [0.2, 0.25) is 5.91 Å². The van der Waals surface area contributed by atoms with Crippen molar-refractivity contribution in [1.29, 1.82) is 0 Å². The van der Waals surface area contributed by atoms with E-state index in [1.54, 1.807) is 29.2 Å². The lowest BCUT2D eigenvalue weighted by molar-refractivity contribution is -0.126. The largest absolute Gasteiger partial charge is 0.352 e. The Kier molecular flexibility index (Phi) is 7.96. The minimum absolute atomic E-state index is 0. The summed E-state index contributed by atoms with van der Waals surface area (Å²) in [6, 6.07) is 13.4. The molecule has 0 radical (unpaired) electrons. The molecule has 7 heteroatoms. The van der Waals surface area contributed by atoms with Gasteiger partial charge < -0.3 is 16.0 Å². The van der Waals surface area contributed by atoms with E-state index in [4.69, 9.17) is 5.73 Å². The molecule has 0 unspecified atom stereocenters. The highest BCUT2D eigenvalue weighted by Gasteiger charge is 2.27. The van der Waals surface area contributed by atoms with Crippen LogP contribution in [0.25, 0.3) is 0 Å². The Hall–Kier alpha value is -2.44. The molecule has 3 N–H and O–H groups in total. The molecule has 3 rings (SSSR count). The molecule has 1 fully saturated rings. The van der Waals surface area contributed by atoms with Gasteiger partial charge in [-0.2, -0.15) is 0 Å². The minimum atomic E-state index is -0.292. The third kappa shape index (κ3) is 5.53. The summed E-state index contributed by atoms with van der Waals surface area (Å²) in [6.45, 7) is 1.96. The second-order valence-corrected chi connectivity index (χ2v) is 6.81. The van der Waals surface area contributed by atoms with Gasteiger partial charge in [-0.1, -0.05) is 24.3 Å². The van der Waals surface area contributed by atoms with E-state index in [1.807, 2.05) is 12.1 Å². The Balaban J connectivity index is 0.00000280. The van der Waals surface area contributed by atoms with Gasteiger partial charge in [0.05, 0.1) is 0 Å². The molecule has 0 aromatic heterocycles. The van der Waals surface area contributed by atoms with Gasteiger partial charge in [0, 0.05) is 37.7 Å². The number of nitrogens with one attached hydrogen (secondary N) is 1. The van der Waals surface area contributed by atoms with Gasteiger partial charge in [0.25, 0.3) is 5.91 Å². The zero-order valence-electron chi connectivity index (χ0n) is 15.6. The van der Waals surface area contributed by atoms with E-state index in [9.17, 15) is 14.0 Å². The standard InChI is InChI=1S/C21H24FN3O2.ClH/c22-19-7-3-16(4-8-19)14-24-20(26)17-9-11-25(12-10-17)21(27)18-5-1-15(13-23)2-6-18;/h1-8,17H,9-14,23H2,(H,24,26);1H. The zero-order chi connectivity index (χ0) is 19.2. The van der Waals surface area contributed by atoms with Crippen LogP contribution in [0.2, 0.25) is 0 Å². The van der Waals surface area contributed by atoms with Crippen LogP contribution in [-0.4, -0.2) is 29.8 Å². The van der Waals surface area contributed by atoms with Crippen molar-refractivity contribution in [3.63, 3.8) is 0 Å². The Morgan fingerprint density at radius 1 is 1.00 bits per heavy atom. The number of halogens is 2. The fraction of sp³-hybridized carbons (Fsp3) is 0.333. The number of rotatable bonds is 5. The van der Waals surface area contributed by atoms with Gasteiger partial charge in [-0.15, -0.1) is 12.4 Å². The maximum absolute atomic E-state index is 12.9. The van der Waals surface area contributed by atoms with Crippen LogP contribution in [-0.2, 0) is 17.9 Å². The molecular formula is C21H25ClFN3O2. The van der Waals surface area contributed by atoms with Gasteiger partial charge in [-0.25, -0.2) is 4.39 Å². The number of benzene rings is 2. The number of likely N-dealkylation sites (tertiary alicyclic amines) is 1. The molecule has 0 spiro atoms. The van der Waals surface area contributed by atoms with Crippen molar-refractivity contribution in [1.82, 2.24) is 10.2 Å². The van der Waals surface area contributed by atoms with E-state index in [1.165, 1.54) is 12.1 Å². The SMILES string of the molecule is Cl.NCc1ccc(C(=O)N2CCC(C(=O)NCc3ccc(F)cc3)CC2)cc1. The van der Waals surface area contributed by atoms with Crippen LogP contribution in [0.1, 0.15) is 34.3 Å². The third-order valence-electron chi connectivity index (χ3n) is 4.97. The summed E-state index contributed by atoms with van der Waals surface area (Å²) >= 11 is 0. The smallest absolute Gasteiger partial charge is 0.253 e. The summed E-state index contributed by atoms with van der Waals surface area (Å²) in [4.78, 5) is 26.7. The minimum Gasteiger partial charge on any atom is -0.352 e. The average molecular weight is 406 g/mol. The highest BCUT2D eigenvalue weighted by Crippen LogP contribution is 2.20. The second kappa shape index (κ2) is 10.2. The number of hydrogen-bond acceptors (Lipinski definition) is 3. The van der Waals surface area contributed by atoms with Gasteiger partial charge in [-0.05, 0) is 48.2 Å². The second-order valence-electron chi connectivity index (χ2n) is 6.81. The summed E-state index contributed by atoms with van der Waals surface area (Å²) in [5.41, 5.74) is 8.07. The van der Waals surface area contributed by atoms with E-state index in [0.717, 1.165) is 11.1 Å². The van der Waals surface area contributed by atoms with Crippen LogP contribution in [0.5, 0.6) is 0 Å². The Bertz CT molecular complexity index is 788. The first-order valence-corrected chi connectivity index (χ1v) is 9.17. The molecule has 0 saturated carbocycles. The summed E-state index contributed by atoms with van der Waals surface area (Å²) in [5.74, 6) is -0.420. The lowest BCUT2D eigenvalue weighted by Crippen LogP contribution is -2.42. The Morgan fingerprint density at radius 3 is 2.14 bits per heavy atom. The van der Waals surface area contributed by atoms with Crippen molar-refractivity contribution in [3.05, 3.63) is 71.0 Å². The molecule has 5 nitrogen and oxygen atoms in total. The molecule has 1 heterocycles. The van der Waals surface area contributed by atoms with Crippen LogP contribution in [0.3, 0.4) is 0 Å². The van der Waals surface area contributed by atoms with Crippen molar-refractivity contribution >= 4 is 24.2 Å². The maximum atomic E-state index is 12.9. The molecule has 28 heavy (non-hydrogen) atoms. The van der Waals surface area contributed by atoms with Crippen molar-refractivity contribution in [2.24, 2.45) is 11.7 Å². The predicted octanol–water partition coefficient (Wildman–Crippen LogP) is 2.87. The molecular weight excluding hydrogens is 381 g/mol. The first-order chi connectivity index (χ1) is 13.1. The molecule has 2 aromatic carbocycles. The van der Waals surface area contributed by atoms with E-state index < -0.39 is 0 Å². The van der Waals surface area contributed by atoms with Crippen LogP contribution >= 0.6 is 12.4 Å². The zero-order valence-corrected chi connectivity index (χ0v) is 16.4. The molecule has 1 aliphatic rings. The van der Waals surface area contributed by atoms with E-state index in [2.05, 4.69) is 5.32 Å². The van der Waals surface area contributed by atoms with Gasteiger partial charge >= 0.3 is 0 Å². The lowest BCUT2D eigenvalue weighted by Gasteiger charge is -2.31. The van der Waals surface area contributed by atoms with Crippen molar-refractivity contribution in [2.45, 2.75) is 25.9 Å². The summed E-state index contributed by atoms with van der Waals surface area (Å²) in [5, 5.41) is 2.90. The Labute approximate surface area is 170 Å². The topological polar surface area (TPSA) is 75.4 Å². The van der Waals surface area contributed by atoms with Gasteiger partial charge in [-0.3, -0.25) is 9.59 Å². The molecule has 0 atom stereocenters. The van der Waals surface area contributed by atoms with Gasteiger partial charge in [0.1, 0.15) is 5.82 Å². The third-order valence-corrected chi connectivity index (χ3v) is 4.97. The van der Waals surface area contributed by atoms with E-state index in [0.29, 0.717) is 44.6 Å². The van der Waals surface area contributed by atoms with Crippen molar-refractivity contribution in [3.8, 4) is 0 Å². The highest BCUT2D eigenvalue weighted by atomic mass is 35.5. The van der Waals surface area contributed by atoms with Crippen LogP contribution in [0.4, 0.5) is 4.39 Å². The van der Waals surface area contributed by atoms with Crippen LogP contribution in [0.15, 0.2) is 48.5 Å². The lowest BCUT2D eigenvalue weighted by atomic mass is 9.95. The fourth-order valence-corrected chi connectivity index (χ4v) is 3.25. The molecule has 150 valence electrons. The average Bonchev–Trinajstić information content (AvgIpc) is 2.73. The predicted molar refractivity (Wildman–Crippen MR) is 108 cm³/mol. The molecule has 1 saturated heterocycles. The van der Waals surface area contributed by atoms with Gasteiger partial charge in [0.15, 0.2) is 0 Å². The Morgan fingerprint density at radius 2 is 1.57 bits per heavy atom. The van der Waals surface area contributed by atoms with Crippen LogP contribution < -0.4 is 11.1 Å². The molecule has 2 aromatic rings. The number of nitrogens with two attached hydrogens (primary N) is 1. The molecule has 0 bridgehead atoms. The number of carbonyl (C=O) groups excluding carboxylic acids is 2. The fourth-order valence-electron chi connectivity index (χ4n) is 3.25. The molecule has 0 aliphatic carbocycles. The first kappa shape index (κ1) is 21.9. The number of hydrogen-bond donors (Lipinski definition) is 2. The quantitative estimate of drug-likeness (QED) is 0.803. The number of nitrogens with zero attached hydrogens (tertiary/aromatic N) is 1. The highest BCUT2D eigenvalue weighted by molar-refractivity contribution is 5.94. The first-order valence-electron chi connectivity index (χ1n) is 9.17.